The first-order valence-electron chi connectivity index (χ1n) is 6.27. The number of nitrogens with one attached hydrogen (secondary N) is 1. The van der Waals surface area contributed by atoms with Gasteiger partial charge in [-0.15, -0.1) is 0 Å². The van der Waals surface area contributed by atoms with Crippen LogP contribution in [0.3, 0.4) is 0 Å². The molecule has 1 aromatic rings. The molecule has 94 valence electrons. The third-order valence-corrected chi connectivity index (χ3v) is 3.94. The van der Waals surface area contributed by atoms with E-state index in [0.717, 1.165) is 30.5 Å². The first kappa shape index (κ1) is 12.7. The summed E-state index contributed by atoms with van der Waals surface area (Å²) in [6.07, 6.45) is 4.76. The maximum absolute atomic E-state index is 5.62. The van der Waals surface area contributed by atoms with E-state index in [1.807, 2.05) is 24.0 Å². The van der Waals surface area contributed by atoms with Crippen LogP contribution in [0.2, 0.25) is 0 Å². The summed E-state index contributed by atoms with van der Waals surface area (Å²) in [7, 11) is 0. The lowest BCUT2D eigenvalue weighted by Crippen LogP contribution is -2.08. The molecule has 2 heterocycles. The minimum absolute atomic E-state index is 0.472. The van der Waals surface area contributed by atoms with Crippen LogP contribution in [-0.2, 0) is 10.5 Å². The fourth-order valence-electron chi connectivity index (χ4n) is 1.96. The fourth-order valence-corrected chi connectivity index (χ4v) is 3.05. The molecule has 1 unspecified atom stereocenters. The molecular weight excluding hydrogens is 232 g/mol. The summed E-state index contributed by atoms with van der Waals surface area (Å²) in [4.78, 5) is 4.36. The first-order chi connectivity index (χ1) is 8.40. The van der Waals surface area contributed by atoms with E-state index in [4.69, 9.17) is 4.74 Å². The average Bonchev–Trinajstić information content (AvgIpc) is 2.85. The molecule has 0 saturated carbocycles. The second kappa shape index (κ2) is 6.87. The molecule has 1 fully saturated rings. The molecule has 0 aromatic carbocycles. The van der Waals surface area contributed by atoms with Gasteiger partial charge in [0.25, 0.3) is 0 Å². The Bertz CT molecular complexity index is 340. The number of aromatic nitrogens is 1. The lowest BCUT2D eigenvalue weighted by molar-refractivity contribution is 0.129. The van der Waals surface area contributed by atoms with Crippen LogP contribution in [0, 0.1) is 0 Å². The van der Waals surface area contributed by atoms with E-state index in [0.29, 0.717) is 6.10 Å². The van der Waals surface area contributed by atoms with Gasteiger partial charge >= 0.3 is 0 Å². The van der Waals surface area contributed by atoms with Crippen molar-refractivity contribution in [3.63, 3.8) is 0 Å². The van der Waals surface area contributed by atoms with Crippen LogP contribution in [0.25, 0.3) is 0 Å². The number of thioether (sulfide) groups is 1. The third-order valence-electron chi connectivity index (χ3n) is 2.82. The van der Waals surface area contributed by atoms with Crippen LogP contribution >= 0.6 is 11.8 Å². The molecule has 0 radical (unpaired) electrons. The highest BCUT2D eigenvalue weighted by molar-refractivity contribution is 7.98. The molecule has 1 aliphatic rings. The van der Waals surface area contributed by atoms with Gasteiger partial charge in [0.05, 0.1) is 6.10 Å². The van der Waals surface area contributed by atoms with Crippen molar-refractivity contribution in [3.05, 3.63) is 23.9 Å². The average molecular weight is 252 g/mol. The van der Waals surface area contributed by atoms with Crippen LogP contribution in [0.5, 0.6) is 0 Å². The molecule has 0 aliphatic carbocycles. The normalized spacial score (nSPS) is 19.5. The molecule has 17 heavy (non-hydrogen) atoms. The van der Waals surface area contributed by atoms with Crippen LogP contribution < -0.4 is 5.32 Å². The summed E-state index contributed by atoms with van der Waals surface area (Å²) in [6, 6.07) is 4.15. The van der Waals surface area contributed by atoms with Crippen molar-refractivity contribution < 1.29 is 4.74 Å². The van der Waals surface area contributed by atoms with E-state index < -0.39 is 0 Å². The zero-order chi connectivity index (χ0) is 11.9. The highest BCUT2D eigenvalue weighted by Crippen LogP contribution is 2.22. The predicted octanol–water partition coefficient (Wildman–Crippen LogP) is 2.93. The quantitative estimate of drug-likeness (QED) is 0.844. The minimum atomic E-state index is 0.472. The van der Waals surface area contributed by atoms with Gasteiger partial charge in [-0.05, 0) is 25.8 Å². The molecule has 2 rings (SSSR count). The highest BCUT2D eigenvalue weighted by atomic mass is 32.2. The molecule has 1 N–H and O–H groups in total. The second-order valence-corrected chi connectivity index (χ2v) is 5.22. The number of pyridine rings is 1. The standard InChI is InChI=1S/C13H20N2OS/c1-2-14-13-11(5-3-7-15-13)9-17-10-12-6-4-8-16-12/h3,5,7,12H,2,4,6,8-10H2,1H3,(H,14,15). The molecule has 4 heteroatoms. The summed E-state index contributed by atoms with van der Waals surface area (Å²) in [5, 5.41) is 3.30. The van der Waals surface area contributed by atoms with Crippen molar-refractivity contribution >= 4 is 17.6 Å². The number of hydrogen-bond donors (Lipinski definition) is 1. The zero-order valence-electron chi connectivity index (χ0n) is 10.3. The van der Waals surface area contributed by atoms with E-state index in [1.165, 1.54) is 18.4 Å². The predicted molar refractivity (Wildman–Crippen MR) is 73.5 cm³/mol. The Kier molecular flexibility index (Phi) is 5.13. The summed E-state index contributed by atoms with van der Waals surface area (Å²) >= 11 is 1.94. The molecular formula is C13H20N2OS. The van der Waals surface area contributed by atoms with Crippen molar-refractivity contribution in [1.82, 2.24) is 4.98 Å². The second-order valence-electron chi connectivity index (χ2n) is 4.19. The van der Waals surface area contributed by atoms with Gasteiger partial charge in [0.2, 0.25) is 0 Å². The maximum Gasteiger partial charge on any atom is 0.129 e. The van der Waals surface area contributed by atoms with Crippen molar-refractivity contribution in [3.8, 4) is 0 Å². The number of nitrogens with zero attached hydrogens (tertiary/aromatic N) is 1. The van der Waals surface area contributed by atoms with Crippen LogP contribution in [0.1, 0.15) is 25.3 Å². The summed E-state index contributed by atoms with van der Waals surface area (Å²) in [5.74, 6) is 3.13. The van der Waals surface area contributed by atoms with Crippen LogP contribution in [-0.4, -0.2) is 30.0 Å². The van der Waals surface area contributed by atoms with Crippen molar-refractivity contribution in [2.24, 2.45) is 0 Å². The summed E-state index contributed by atoms with van der Waals surface area (Å²) < 4.78 is 5.62. The number of rotatable bonds is 6. The Labute approximate surface area is 107 Å². The third kappa shape index (κ3) is 3.89. The van der Waals surface area contributed by atoms with Crippen LogP contribution in [0.4, 0.5) is 5.82 Å². The topological polar surface area (TPSA) is 34.2 Å². The van der Waals surface area contributed by atoms with E-state index in [2.05, 4.69) is 23.3 Å². The molecule has 3 nitrogen and oxygen atoms in total. The molecule has 1 saturated heterocycles. The van der Waals surface area contributed by atoms with E-state index in [-0.39, 0.29) is 0 Å². The Hall–Kier alpha value is -0.740. The molecule has 1 atom stereocenters. The molecule has 0 spiro atoms. The van der Waals surface area contributed by atoms with E-state index in [1.54, 1.807) is 0 Å². The SMILES string of the molecule is CCNc1ncccc1CSCC1CCCO1. The first-order valence-corrected chi connectivity index (χ1v) is 7.42. The monoisotopic (exact) mass is 252 g/mol. The Morgan fingerprint density at radius 2 is 2.53 bits per heavy atom. The number of hydrogen-bond acceptors (Lipinski definition) is 4. The van der Waals surface area contributed by atoms with Gasteiger partial charge in [-0.2, -0.15) is 11.8 Å². The van der Waals surface area contributed by atoms with Gasteiger partial charge in [-0.3, -0.25) is 0 Å². The van der Waals surface area contributed by atoms with Gasteiger partial charge in [-0.1, -0.05) is 6.07 Å². The minimum Gasteiger partial charge on any atom is -0.377 e. The molecule has 0 bridgehead atoms. The Morgan fingerprint density at radius 3 is 3.29 bits per heavy atom. The van der Waals surface area contributed by atoms with Crippen molar-refractivity contribution in [1.29, 1.82) is 0 Å². The highest BCUT2D eigenvalue weighted by Gasteiger charge is 2.15. The summed E-state index contributed by atoms with van der Waals surface area (Å²) in [5.41, 5.74) is 1.29. The lowest BCUT2D eigenvalue weighted by Gasteiger charge is -2.11. The van der Waals surface area contributed by atoms with Crippen molar-refractivity contribution in [2.75, 3.05) is 24.2 Å². The summed E-state index contributed by atoms with van der Waals surface area (Å²) in [6.45, 7) is 3.96. The maximum atomic E-state index is 5.62. The van der Waals surface area contributed by atoms with Gasteiger partial charge in [0.15, 0.2) is 0 Å². The zero-order valence-corrected chi connectivity index (χ0v) is 11.1. The lowest BCUT2D eigenvalue weighted by atomic mass is 10.3. The van der Waals surface area contributed by atoms with Crippen LogP contribution in [0.15, 0.2) is 18.3 Å². The Morgan fingerprint density at radius 1 is 1.59 bits per heavy atom. The van der Waals surface area contributed by atoms with Gasteiger partial charge in [0.1, 0.15) is 5.82 Å². The smallest absolute Gasteiger partial charge is 0.129 e. The molecule has 1 aliphatic heterocycles. The Balaban J connectivity index is 1.80. The van der Waals surface area contributed by atoms with Crippen molar-refractivity contribution in [2.45, 2.75) is 31.6 Å². The van der Waals surface area contributed by atoms with Gasteiger partial charge in [-0.25, -0.2) is 4.98 Å². The molecule has 0 amide bonds. The number of ether oxygens (including phenoxy) is 1. The van der Waals surface area contributed by atoms with Gasteiger partial charge in [0, 0.05) is 36.4 Å². The fraction of sp³-hybridized carbons (Fsp3) is 0.615. The largest absolute Gasteiger partial charge is 0.377 e. The number of anilines is 1. The van der Waals surface area contributed by atoms with Gasteiger partial charge < -0.3 is 10.1 Å². The van der Waals surface area contributed by atoms with E-state index in [9.17, 15) is 0 Å². The van der Waals surface area contributed by atoms with E-state index >= 15 is 0 Å². The molecule has 1 aromatic heterocycles.